The fraction of sp³-hybridized carbons (Fsp3) is 0.333. The van der Waals surface area contributed by atoms with Crippen molar-refractivity contribution in [3.05, 3.63) is 107 Å². The van der Waals surface area contributed by atoms with Crippen LogP contribution in [0.2, 0.25) is 0 Å². The number of benzene rings is 3. The molecule has 0 aromatic heterocycles. The average Bonchev–Trinajstić information content (AvgIpc) is 2.99. The molecule has 0 spiro atoms. The van der Waals surface area contributed by atoms with Gasteiger partial charge in [0.1, 0.15) is 12.6 Å². The Balaban J connectivity index is 0.00000645. The van der Waals surface area contributed by atoms with Crippen molar-refractivity contribution in [2.45, 2.75) is 58.2 Å². The zero-order valence-corrected chi connectivity index (χ0v) is 25.4. The molecule has 43 heavy (non-hydrogen) atoms. The molecule has 9 nitrogen and oxygen atoms in total. The van der Waals surface area contributed by atoms with Gasteiger partial charge in [-0.2, -0.15) is 0 Å². The molecule has 230 valence electrons. The molecule has 0 saturated heterocycles. The monoisotopic (exact) mass is 609 g/mol. The number of carbonyl (C=O) groups excluding carboxylic acids is 4. The van der Waals surface area contributed by atoms with E-state index < -0.39 is 42.4 Å². The van der Waals surface area contributed by atoms with E-state index >= 15 is 0 Å². The number of alkyl carbamates (subject to hydrolysis) is 1. The number of rotatable bonds is 15. The molecular formula is C33H40ClN3O6. The minimum atomic E-state index is -1.02. The van der Waals surface area contributed by atoms with Crippen molar-refractivity contribution in [2.75, 3.05) is 13.2 Å². The number of aryl methyl sites for hydroxylation is 2. The first-order valence-corrected chi connectivity index (χ1v) is 14.1. The minimum Gasteiger partial charge on any atom is -0.454 e. The van der Waals surface area contributed by atoms with Crippen LogP contribution >= 0.6 is 12.4 Å². The summed E-state index contributed by atoms with van der Waals surface area (Å²) in [5.41, 5.74) is 9.16. The van der Waals surface area contributed by atoms with Gasteiger partial charge in [-0.05, 0) is 61.9 Å². The van der Waals surface area contributed by atoms with E-state index in [1.54, 1.807) is 26.0 Å². The van der Waals surface area contributed by atoms with Gasteiger partial charge in [0, 0.05) is 6.42 Å². The summed E-state index contributed by atoms with van der Waals surface area (Å²) in [4.78, 5) is 52.1. The van der Waals surface area contributed by atoms with Crippen LogP contribution in [0, 0.1) is 13.8 Å². The van der Waals surface area contributed by atoms with Crippen molar-refractivity contribution in [1.82, 2.24) is 10.6 Å². The predicted molar refractivity (Wildman–Crippen MR) is 167 cm³/mol. The zero-order chi connectivity index (χ0) is 30.3. The van der Waals surface area contributed by atoms with Crippen molar-refractivity contribution in [1.29, 1.82) is 0 Å². The van der Waals surface area contributed by atoms with Crippen LogP contribution in [-0.2, 0) is 32.1 Å². The molecule has 0 heterocycles. The van der Waals surface area contributed by atoms with Crippen LogP contribution in [0.1, 0.15) is 51.9 Å². The maximum absolute atomic E-state index is 13.5. The fourth-order valence-corrected chi connectivity index (χ4v) is 4.49. The first-order chi connectivity index (χ1) is 20.3. The Kier molecular flexibility index (Phi) is 14.9. The number of amides is 2. The maximum atomic E-state index is 13.5. The van der Waals surface area contributed by atoms with Gasteiger partial charge in [0.2, 0.25) is 5.91 Å². The largest absolute Gasteiger partial charge is 0.454 e. The molecule has 4 N–H and O–H groups in total. The smallest absolute Gasteiger partial charge is 0.408 e. The summed E-state index contributed by atoms with van der Waals surface area (Å²) >= 11 is 0. The quantitative estimate of drug-likeness (QED) is 0.169. The molecule has 0 saturated carbocycles. The highest BCUT2D eigenvalue weighted by molar-refractivity contribution is 5.96. The molecule has 0 radical (unpaired) electrons. The van der Waals surface area contributed by atoms with E-state index in [0.717, 1.165) is 22.3 Å². The van der Waals surface area contributed by atoms with E-state index in [1.807, 2.05) is 66.7 Å². The third-order valence-corrected chi connectivity index (χ3v) is 6.79. The highest BCUT2D eigenvalue weighted by Crippen LogP contribution is 2.15. The van der Waals surface area contributed by atoms with E-state index in [4.69, 9.17) is 15.2 Å². The Bertz CT molecular complexity index is 1320. The molecule has 0 unspecified atom stereocenters. The lowest BCUT2D eigenvalue weighted by Gasteiger charge is -2.23. The number of halogens is 1. The predicted octanol–water partition coefficient (Wildman–Crippen LogP) is 4.60. The summed E-state index contributed by atoms with van der Waals surface area (Å²) < 4.78 is 10.7. The first kappa shape index (κ1) is 35.0. The summed E-state index contributed by atoms with van der Waals surface area (Å²) in [5.74, 6) is -1.61. The number of unbranched alkanes of at least 4 members (excludes halogenated alkanes) is 1. The topological polar surface area (TPSA) is 137 Å². The molecule has 0 aliphatic rings. The Morgan fingerprint density at radius 1 is 0.744 bits per heavy atom. The number of esters is 1. The van der Waals surface area contributed by atoms with Crippen molar-refractivity contribution in [3.8, 4) is 0 Å². The molecule has 3 aromatic carbocycles. The van der Waals surface area contributed by atoms with Gasteiger partial charge in [-0.25, -0.2) is 9.59 Å². The molecule has 3 aromatic rings. The molecular weight excluding hydrogens is 570 g/mol. The van der Waals surface area contributed by atoms with Crippen LogP contribution in [-0.4, -0.2) is 49.0 Å². The van der Waals surface area contributed by atoms with Crippen LogP contribution in [0.5, 0.6) is 0 Å². The molecule has 2 amide bonds. The molecule has 0 fully saturated rings. The van der Waals surface area contributed by atoms with Gasteiger partial charge in [-0.3, -0.25) is 9.59 Å². The number of hydrogen-bond donors (Lipinski definition) is 3. The number of ether oxygens (including phenoxy) is 2. The van der Waals surface area contributed by atoms with Crippen molar-refractivity contribution in [2.24, 2.45) is 5.73 Å². The van der Waals surface area contributed by atoms with E-state index in [2.05, 4.69) is 10.6 Å². The fourth-order valence-electron chi connectivity index (χ4n) is 4.49. The SMILES string of the molecule is Cc1cccc(C)c1C(=O)OCC(=O)[C@H](CCCCN)NC(=O)[C@H](Cc1ccccc1)NC(=O)OCc1ccccc1.Cl. The molecule has 0 bridgehead atoms. The van der Waals surface area contributed by atoms with Crippen molar-refractivity contribution in [3.63, 3.8) is 0 Å². The molecule has 2 atom stereocenters. The lowest BCUT2D eigenvalue weighted by Crippen LogP contribution is -2.53. The standard InChI is InChI=1S/C33H39N3O6.ClH/c1-23-12-11-13-24(2)30(23)32(39)41-22-29(37)27(18-9-10-19-34)35-31(38)28(20-25-14-5-3-6-15-25)36-33(40)42-21-26-16-7-4-8-17-26;/h3-8,11-17,27-28H,9-10,18-22,34H2,1-2H3,(H,35,38)(H,36,40);1H/t27-,28-;/m0./s1. The van der Waals surface area contributed by atoms with Gasteiger partial charge in [0.15, 0.2) is 12.4 Å². The third kappa shape index (κ3) is 11.5. The summed E-state index contributed by atoms with van der Waals surface area (Å²) in [6.45, 7) is 3.56. The lowest BCUT2D eigenvalue weighted by molar-refractivity contribution is -0.130. The number of nitrogens with two attached hydrogens (primary N) is 1. The minimum absolute atomic E-state index is 0. The van der Waals surface area contributed by atoms with E-state index in [9.17, 15) is 19.2 Å². The van der Waals surface area contributed by atoms with Gasteiger partial charge >= 0.3 is 12.1 Å². The lowest BCUT2D eigenvalue weighted by atomic mass is 10.0. The average molecular weight is 610 g/mol. The highest BCUT2D eigenvalue weighted by atomic mass is 35.5. The Labute approximate surface area is 258 Å². The van der Waals surface area contributed by atoms with E-state index in [1.165, 1.54) is 0 Å². The van der Waals surface area contributed by atoms with Gasteiger partial charge < -0.3 is 25.8 Å². The van der Waals surface area contributed by atoms with Crippen LogP contribution in [0.25, 0.3) is 0 Å². The van der Waals surface area contributed by atoms with Crippen LogP contribution in [0.15, 0.2) is 78.9 Å². The normalized spacial score (nSPS) is 11.8. The van der Waals surface area contributed by atoms with Crippen molar-refractivity contribution < 1.29 is 28.7 Å². The Hall–Kier alpha value is -4.21. The first-order valence-electron chi connectivity index (χ1n) is 14.1. The number of Topliss-reactive ketones (excluding diaryl/α,β-unsaturated/α-hetero) is 1. The second kappa shape index (κ2) is 18.4. The van der Waals surface area contributed by atoms with Crippen molar-refractivity contribution >= 4 is 36.2 Å². The van der Waals surface area contributed by atoms with E-state index in [-0.39, 0.29) is 25.4 Å². The third-order valence-electron chi connectivity index (χ3n) is 6.79. The van der Waals surface area contributed by atoms with Gasteiger partial charge in [-0.15, -0.1) is 12.4 Å². The summed E-state index contributed by atoms with van der Waals surface area (Å²) in [7, 11) is 0. The van der Waals surface area contributed by atoms with Gasteiger partial charge in [0.05, 0.1) is 11.6 Å². The second-order valence-corrected chi connectivity index (χ2v) is 10.1. The summed E-state index contributed by atoms with van der Waals surface area (Å²) in [6, 6.07) is 21.9. The molecule has 3 rings (SSSR count). The number of nitrogens with one attached hydrogen (secondary N) is 2. The molecule has 0 aliphatic carbocycles. The van der Waals surface area contributed by atoms with Gasteiger partial charge in [0.25, 0.3) is 0 Å². The summed E-state index contributed by atoms with van der Waals surface area (Å²) in [5, 5.41) is 5.41. The number of hydrogen-bond acceptors (Lipinski definition) is 7. The van der Waals surface area contributed by atoms with Crippen LogP contribution in [0.3, 0.4) is 0 Å². The van der Waals surface area contributed by atoms with Crippen LogP contribution in [0.4, 0.5) is 4.79 Å². The summed E-state index contributed by atoms with van der Waals surface area (Å²) in [6.07, 6.45) is 0.952. The number of ketones is 1. The Morgan fingerprint density at radius 2 is 1.35 bits per heavy atom. The maximum Gasteiger partial charge on any atom is 0.408 e. The highest BCUT2D eigenvalue weighted by Gasteiger charge is 2.28. The van der Waals surface area contributed by atoms with Crippen LogP contribution < -0.4 is 16.4 Å². The molecule has 10 heteroatoms. The number of carbonyl (C=O) groups is 4. The Morgan fingerprint density at radius 3 is 1.95 bits per heavy atom. The molecule has 0 aliphatic heterocycles. The van der Waals surface area contributed by atoms with E-state index in [0.29, 0.717) is 31.4 Å². The second-order valence-electron chi connectivity index (χ2n) is 10.1. The van der Waals surface area contributed by atoms with Gasteiger partial charge in [-0.1, -0.05) is 78.9 Å². The zero-order valence-electron chi connectivity index (χ0n) is 24.5.